The second kappa shape index (κ2) is 9.78. The van der Waals surface area contributed by atoms with E-state index in [2.05, 4.69) is 34.7 Å². The Hall–Kier alpha value is -4.17. The Balaban J connectivity index is 0.000000680. The SMILES string of the molecule is CC(=O)O.CN1CCCC2(CCn3c(c(C4=C(c5cn(C)c6ccccc56)C(=O)OC4=O)c4ccccc43)C2)C1. The molecule has 0 bridgehead atoms. The number of hydrogen-bond donors (Lipinski definition) is 1. The zero-order valence-electron chi connectivity index (χ0n) is 23.1. The lowest BCUT2D eigenvalue weighted by Gasteiger charge is -2.45. The molecule has 7 rings (SSSR count). The Kier molecular flexibility index (Phi) is 6.38. The fourth-order valence-electron chi connectivity index (χ4n) is 7.07. The van der Waals surface area contributed by atoms with E-state index in [1.54, 1.807) is 0 Å². The minimum absolute atomic E-state index is 0.193. The smallest absolute Gasteiger partial charge is 0.347 e. The Labute approximate surface area is 232 Å². The van der Waals surface area contributed by atoms with E-state index in [0.717, 1.165) is 78.0 Å². The number of aryl methyl sites for hydroxylation is 2. The minimum atomic E-state index is -0.833. The number of aliphatic carboxylic acids is 1. The number of hydrogen-bond acceptors (Lipinski definition) is 5. The molecule has 8 nitrogen and oxygen atoms in total. The first-order valence-electron chi connectivity index (χ1n) is 13.7. The van der Waals surface area contributed by atoms with Gasteiger partial charge in [0, 0.05) is 71.9 Å². The monoisotopic (exact) mass is 539 g/mol. The van der Waals surface area contributed by atoms with E-state index in [-0.39, 0.29) is 5.41 Å². The van der Waals surface area contributed by atoms with Crippen molar-refractivity contribution in [1.82, 2.24) is 14.0 Å². The largest absolute Gasteiger partial charge is 0.481 e. The number of cyclic esters (lactones) is 2. The third kappa shape index (κ3) is 4.23. The van der Waals surface area contributed by atoms with E-state index in [4.69, 9.17) is 14.6 Å². The van der Waals surface area contributed by atoms with E-state index in [9.17, 15) is 9.59 Å². The first-order valence-corrected chi connectivity index (χ1v) is 13.7. The van der Waals surface area contributed by atoms with Crippen LogP contribution >= 0.6 is 0 Å². The maximum atomic E-state index is 13.4. The highest BCUT2D eigenvalue weighted by Crippen LogP contribution is 2.48. The number of likely N-dealkylation sites (tertiary alicyclic amines) is 1. The van der Waals surface area contributed by atoms with E-state index in [0.29, 0.717) is 11.1 Å². The molecule has 5 heterocycles. The van der Waals surface area contributed by atoms with E-state index < -0.39 is 17.9 Å². The number of para-hydroxylation sites is 2. The van der Waals surface area contributed by atoms with Crippen molar-refractivity contribution in [3.8, 4) is 0 Å². The number of nitrogens with zero attached hydrogens (tertiary/aromatic N) is 3. The summed E-state index contributed by atoms with van der Waals surface area (Å²) < 4.78 is 9.73. The average Bonchev–Trinajstić information content (AvgIpc) is 3.51. The van der Waals surface area contributed by atoms with Gasteiger partial charge >= 0.3 is 11.9 Å². The van der Waals surface area contributed by atoms with Gasteiger partial charge in [0.2, 0.25) is 0 Å². The number of esters is 2. The molecule has 1 N–H and O–H groups in total. The van der Waals surface area contributed by atoms with Crippen molar-refractivity contribution in [1.29, 1.82) is 0 Å². The number of ether oxygens (including phenoxy) is 1. The number of rotatable bonds is 2. The highest BCUT2D eigenvalue weighted by atomic mass is 16.6. The van der Waals surface area contributed by atoms with Crippen LogP contribution in [0.2, 0.25) is 0 Å². The van der Waals surface area contributed by atoms with Gasteiger partial charge in [-0.15, -0.1) is 0 Å². The summed E-state index contributed by atoms with van der Waals surface area (Å²) in [6.07, 6.45) is 6.35. The van der Waals surface area contributed by atoms with Gasteiger partial charge in [0.15, 0.2) is 0 Å². The van der Waals surface area contributed by atoms with Crippen LogP contribution in [0.15, 0.2) is 54.7 Å². The van der Waals surface area contributed by atoms with E-state index in [1.807, 2.05) is 48.1 Å². The van der Waals surface area contributed by atoms with Crippen molar-refractivity contribution < 1.29 is 24.2 Å². The molecule has 0 radical (unpaired) electrons. The summed E-state index contributed by atoms with van der Waals surface area (Å²) in [7, 11) is 4.17. The van der Waals surface area contributed by atoms with Crippen LogP contribution in [-0.4, -0.2) is 57.2 Å². The lowest BCUT2D eigenvalue weighted by molar-refractivity contribution is -0.149. The number of carboxylic acids is 1. The summed E-state index contributed by atoms with van der Waals surface area (Å²) >= 11 is 0. The molecule has 0 amide bonds. The van der Waals surface area contributed by atoms with Gasteiger partial charge in [-0.2, -0.15) is 0 Å². The molecule has 1 fully saturated rings. The van der Waals surface area contributed by atoms with Gasteiger partial charge in [0.05, 0.1) is 11.1 Å². The molecule has 40 heavy (non-hydrogen) atoms. The van der Waals surface area contributed by atoms with Crippen LogP contribution < -0.4 is 0 Å². The average molecular weight is 540 g/mol. The summed E-state index contributed by atoms with van der Waals surface area (Å²) in [5, 5.41) is 9.38. The van der Waals surface area contributed by atoms with Crippen molar-refractivity contribution in [3.05, 3.63) is 71.5 Å². The van der Waals surface area contributed by atoms with Gasteiger partial charge in [0.1, 0.15) is 0 Å². The summed E-state index contributed by atoms with van der Waals surface area (Å²) in [5.41, 5.74) is 5.94. The van der Waals surface area contributed by atoms with Gasteiger partial charge < -0.3 is 23.9 Å². The van der Waals surface area contributed by atoms with E-state index in [1.165, 1.54) is 12.8 Å². The van der Waals surface area contributed by atoms with Crippen molar-refractivity contribution >= 4 is 50.9 Å². The van der Waals surface area contributed by atoms with Crippen molar-refractivity contribution in [3.63, 3.8) is 0 Å². The predicted octanol–water partition coefficient (Wildman–Crippen LogP) is 4.88. The molecule has 2 aromatic carbocycles. The fourth-order valence-corrected chi connectivity index (χ4v) is 7.07. The van der Waals surface area contributed by atoms with Crippen LogP contribution in [0.4, 0.5) is 0 Å². The number of carbonyl (C=O) groups is 3. The summed E-state index contributed by atoms with van der Waals surface area (Å²) in [5.74, 6) is -1.93. The van der Waals surface area contributed by atoms with Crippen LogP contribution in [0.3, 0.4) is 0 Å². The first kappa shape index (κ1) is 26.1. The highest BCUT2D eigenvalue weighted by molar-refractivity contribution is 6.47. The lowest BCUT2D eigenvalue weighted by atomic mass is 9.71. The Morgan fingerprint density at radius 1 is 0.900 bits per heavy atom. The molecule has 0 saturated carbocycles. The zero-order valence-corrected chi connectivity index (χ0v) is 23.1. The quantitative estimate of drug-likeness (QED) is 0.288. The van der Waals surface area contributed by atoms with Crippen molar-refractivity contribution in [2.45, 2.75) is 39.2 Å². The normalized spacial score (nSPS) is 21.1. The number of benzene rings is 2. The van der Waals surface area contributed by atoms with Crippen LogP contribution in [-0.2, 0) is 39.1 Å². The highest BCUT2D eigenvalue weighted by Gasteiger charge is 2.43. The van der Waals surface area contributed by atoms with Crippen molar-refractivity contribution in [2.75, 3.05) is 20.1 Å². The maximum absolute atomic E-state index is 13.4. The molecule has 0 aliphatic carbocycles. The number of fused-ring (bicyclic) bond motifs is 4. The Morgan fingerprint density at radius 3 is 2.27 bits per heavy atom. The van der Waals surface area contributed by atoms with Gasteiger partial charge in [-0.1, -0.05) is 36.4 Å². The van der Waals surface area contributed by atoms with Gasteiger partial charge in [0.25, 0.3) is 5.97 Å². The Morgan fingerprint density at radius 2 is 1.55 bits per heavy atom. The van der Waals surface area contributed by atoms with Crippen LogP contribution in [0.1, 0.15) is 43.0 Å². The molecule has 4 aromatic rings. The van der Waals surface area contributed by atoms with E-state index >= 15 is 0 Å². The molecule has 3 aliphatic heterocycles. The number of carboxylic acid groups (broad SMARTS) is 1. The van der Waals surface area contributed by atoms with Gasteiger partial charge in [-0.05, 0) is 56.8 Å². The van der Waals surface area contributed by atoms with Crippen LogP contribution in [0.5, 0.6) is 0 Å². The van der Waals surface area contributed by atoms with Crippen LogP contribution in [0, 0.1) is 5.41 Å². The molecule has 2 aromatic heterocycles. The molecule has 8 heteroatoms. The summed E-state index contributed by atoms with van der Waals surface area (Å²) in [6.45, 7) is 4.20. The van der Waals surface area contributed by atoms with Gasteiger partial charge in [-0.3, -0.25) is 4.79 Å². The lowest BCUT2D eigenvalue weighted by Crippen LogP contribution is -2.45. The molecule has 1 atom stereocenters. The number of aromatic nitrogens is 2. The Bertz CT molecular complexity index is 1720. The fraction of sp³-hybridized carbons (Fsp3) is 0.344. The summed E-state index contributed by atoms with van der Waals surface area (Å²) in [4.78, 5) is 38.1. The number of carbonyl (C=O) groups excluding carboxylic acids is 2. The standard InChI is InChI=1S/C30H29N3O3.C2H4O2/c1-31-14-7-12-30(18-31)13-15-33-23-11-6-4-9-20(23)25(24(33)16-30)27-26(28(34)36-29(27)35)21-17-32(2)22-10-5-3-8-19(21)22;1-2(3)4/h3-6,8-11,17H,7,12-16,18H2,1-2H3;1H3,(H,3,4). The minimum Gasteiger partial charge on any atom is -0.481 e. The second-order valence-corrected chi connectivity index (χ2v) is 11.4. The third-order valence-corrected chi connectivity index (χ3v) is 8.60. The topological polar surface area (TPSA) is 93.8 Å². The number of piperidine rings is 1. The second-order valence-electron chi connectivity index (χ2n) is 11.4. The molecular weight excluding hydrogens is 506 g/mol. The molecule has 1 saturated heterocycles. The molecular formula is C32H33N3O5. The zero-order chi connectivity index (χ0) is 28.2. The molecule has 206 valence electrons. The van der Waals surface area contributed by atoms with Gasteiger partial charge in [-0.25, -0.2) is 9.59 Å². The third-order valence-electron chi connectivity index (χ3n) is 8.60. The molecule has 3 aliphatic rings. The molecule has 1 unspecified atom stereocenters. The molecule has 1 spiro atoms. The first-order chi connectivity index (χ1) is 19.2. The maximum Gasteiger partial charge on any atom is 0.347 e. The van der Waals surface area contributed by atoms with Crippen LogP contribution in [0.25, 0.3) is 33.0 Å². The summed E-state index contributed by atoms with van der Waals surface area (Å²) in [6, 6.07) is 16.3. The predicted molar refractivity (Wildman–Crippen MR) is 154 cm³/mol. The van der Waals surface area contributed by atoms with Crippen molar-refractivity contribution in [2.24, 2.45) is 12.5 Å².